The molecular formula is C27H37N3O3. The first-order valence-electron chi connectivity index (χ1n) is 11.8. The average Bonchev–Trinajstić information content (AvgIpc) is 3.10. The molecule has 6 nitrogen and oxygen atoms in total. The van der Waals surface area contributed by atoms with Gasteiger partial charge in [0.15, 0.2) is 0 Å². The van der Waals surface area contributed by atoms with Gasteiger partial charge in [-0.25, -0.2) is 4.68 Å². The van der Waals surface area contributed by atoms with Crippen LogP contribution in [0.4, 0.5) is 0 Å². The number of aromatic nitrogens is 2. The van der Waals surface area contributed by atoms with Gasteiger partial charge in [-0.2, -0.15) is 5.10 Å². The molecule has 178 valence electrons. The van der Waals surface area contributed by atoms with Crippen LogP contribution in [0.15, 0.2) is 60.7 Å². The van der Waals surface area contributed by atoms with Crippen LogP contribution in [0.5, 0.6) is 11.6 Å². The molecular weight excluding hydrogens is 414 g/mol. The van der Waals surface area contributed by atoms with Crippen molar-refractivity contribution in [3.8, 4) is 22.9 Å². The molecule has 0 amide bonds. The lowest BCUT2D eigenvalue weighted by molar-refractivity contribution is 0.00685. The molecule has 0 aliphatic heterocycles. The van der Waals surface area contributed by atoms with Crippen molar-refractivity contribution in [2.75, 3.05) is 26.3 Å². The van der Waals surface area contributed by atoms with Crippen LogP contribution in [-0.2, 0) is 18.3 Å². The maximum Gasteiger partial charge on any atom is 0.222 e. The predicted molar refractivity (Wildman–Crippen MR) is 132 cm³/mol. The Balaban J connectivity index is 1.87. The molecule has 0 bridgehead atoms. The number of nitrogens with zero attached hydrogens (tertiary/aromatic N) is 3. The van der Waals surface area contributed by atoms with Crippen LogP contribution in [0.2, 0.25) is 0 Å². The maximum atomic E-state index is 10.6. The number of aryl methyl sites for hydroxylation is 1. The quantitative estimate of drug-likeness (QED) is 0.391. The summed E-state index contributed by atoms with van der Waals surface area (Å²) >= 11 is 0. The van der Waals surface area contributed by atoms with E-state index in [1.165, 1.54) is 0 Å². The number of benzene rings is 2. The molecule has 0 fully saturated rings. The summed E-state index contributed by atoms with van der Waals surface area (Å²) in [5, 5.41) is 15.4. The Labute approximate surface area is 197 Å². The lowest BCUT2D eigenvalue weighted by Crippen LogP contribution is -2.35. The lowest BCUT2D eigenvalue weighted by atomic mass is 10.1. The molecule has 3 rings (SSSR count). The van der Waals surface area contributed by atoms with Crippen molar-refractivity contribution < 1.29 is 14.6 Å². The van der Waals surface area contributed by atoms with Gasteiger partial charge in [-0.3, -0.25) is 4.90 Å². The molecule has 3 aromatic rings. The van der Waals surface area contributed by atoms with E-state index < -0.39 is 6.10 Å². The minimum atomic E-state index is -0.550. The standard InChI is InChI=1S/C27H37N3O3/c1-5-16-30(17-23(31)20-32-19-21(2)3)18-25-26(22-12-8-6-9-13-22)28-29(4)27(25)33-24-14-10-7-11-15-24/h6-15,21,23,31H,5,16-20H2,1-4H3/t23-/m1/s1. The summed E-state index contributed by atoms with van der Waals surface area (Å²) in [4.78, 5) is 2.25. The summed E-state index contributed by atoms with van der Waals surface area (Å²) in [6, 6.07) is 19.9. The van der Waals surface area contributed by atoms with Crippen LogP contribution in [0.3, 0.4) is 0 Å². The van der Waals surface area contributed by atoms with Crippen molar-refractivity contribution in [3.05, 3.63) is 66.2 Å². The lowest BCUT2D eigenvalue weighted by Gasteiger charge is -2.25. The first-order valence-corrected chi connectivity index (χ1v) is 11.8. The van der Waals surface area contributed by atoms with E-state index in [2.05, 4.69) is 37.8 Å². The molecule has 2 aromatic carbocycles. The number of para-hydroxylation sites is 1. The fourth-order valence-electron chi connectivity index (χ4n) is 3.82. The topological polar surface area (TPSA) is 59.8 Å². The number of ether oxygens (including phenoxy) is 2. The van der Waals surface area contributed by atoms with Crippen LogP contribution in [0, 0.1) is 5.92 Å². The van der Waals surface area contributed by atoms with E-state index in [4.69, 9.17) is 14.6 Å². The fraction of sp³-hybridized carbons (Fsp3) is 0.444. The Morgan fingerprint density at radius 3 is 2.30 bits per heavy atom. The zero-order valence-electron chi connectivity index (χ0n) is 20.3. The SMILES string of the molecule is CCCN(Cc1c(-c2ccccc2)nn(C)c1Oc1ccccc1)C[C@@H](O)COCC(C)C. The molecule has 33 heavy (non-hydrogen) atoms. The second kappa shape index (κ2) is 12.5. The zero-order valence-corrected chi connectivity index (χ0v) is 20.3. The van der Waals surface area contributed by atoms with Crippen molar-refractivity contribution in [2.24, 2.45) is 13.0 Å². The van der Waals surface area contributed by atoms with Crippen molar-refractivity contribution in [1.82, 2.24) is 14.7 Å². The van der Waals surface area contributed by atoms with Crippen molar-refractivity contribution in [2.45, 2.75) is 39.8 Å². The number of hydrogen-bond donors (Lipinski definition) is 1. The molecule has 0 radical (unpaired) electrons. The molecule has 0 saturated carbocycles. The second-order valence-corrected chi connectivity index (χ2v) is 8.86. The van der Waals surface area contributed by atoms with Crippen molar-refractivity contribution in [1.29, 1.82) is 0 Å². The van der Waals surface area contributed by atoms with Crippen LogP contribution < -0.4 is 4.74 Å². The zero-order chi connectivity index (χ0) is 23.6. The smallest absolute Gasteiger partial charge is 0.222 e. The molecule has 1 aromatic heterocycles. The largest absolute Gasteiger partial charge is 0.439 e. The Hall–Kier alpha value is -2.67. The highest BCUT2D eigenvalue weighted by molar-refractivity contribution is 5.65. The molecule has 1 heterocycles. The Kier molecular flexibility index (Phi) is 9.48. The van der Waals surface area contributed by atoms with Gasteiger partial charge < -0.3 is 14.6 Å². The van der Waals surface area contributed by atoms with Gasteiger partial charge in [-0.1, -0.05) is 69.3 Å². The summed E-state index contributed by atoms with van der Waals surface area (Å²) in [5.74, 6) is 1.93. The highest BCUT2D eigenvalue weighted by atomic mass is 16.5. The average molecular weight is 452 g/mol. The van der Waals surface area contributed by atoms with Crippen molar-refractivity contribution >= 4 is 0 Å². The molecule has 0 spiro atoms. The van der Waals surface area contributed by atoms with Gasteiger partial charge in [-0.15, -0.1) is 0 Å². The van der Waals surface area contributed by atoms with Crippen LogP contribution in [-0.4, -0.2) is 52.2 Å². The van der Waals surface area contributed by atoms with Gasteiger partial charge >= 0.3 is 0 Å². The predicted octanol–water partition coefficient (Wildman–Crippen LogP) is 5.12. The van der Waals surface area contributed by atoms with Gasteiger partial charge in [0.05, 0.1) is 18.3 Å². The minimum Gasteiger partial charge on any atom is -0.439 e. The number of aliphatic hydroxyl groups is 1. The Morgan fingerprint density at radius 2 is 1.67 bits per heavy atom. The summed E-state index contributed by atoms with van der Waals surface area (Å²) in [6.07, 6.45) is 0.431. The molecule has 1 atom stereocenters. The summed E-state index contributed by atoms with van der Waals surface area (Å²) < 4.78 is 13.8. The Morgan fingerprint density at radius 1 is 1.00 bits per heavy atom. The van der Waals surface area contributed by atoms with E-state index in [0.29, 0.717) is 38.1 Å². The fourth-order valence-corrected chi connectivity index (χ4v) is 3.82. The molecule has 0 unspecified atom stereocenters. The third-order valence-corrected chi connectivity index (χ3v) is 5.24. The summed E-state index contributed by atoms with van der Waals surface area (Å²) in [7, 11) is 1.91. The van der Waals surface area contributed by atoms with Crippen LogP contribution >= 0.6 is 0 Å². The first kappa shape index (κ1) is 25.0. The number of aliphatic hydroxyl groups excluding tert-OH is 1. The molecule has 6 heteroatoms. The third-order valence-electron chi connectivity index (χ3n) is 5.24. The third kappa shape index (κ3) is 7.42. The second-order valence-electron chi connectivity index (χ2n) is 8.86. The maximum absolute atomic E-state index is 10.6. The highest BCUT2D eigenvalue weighted by Crippen LogP contribution is 2.34. The van der Waals surface area contributed by atoms with E-state index in [-0.39, 0.29) is 0 Å². The number of hydrogen-bond acceptors (Lipinski definition) is 5. The van der Waals surface area contributed by atoms with Gasteiger partial charge in [0.1, 0.15) is 11.4 Å². The molecule has 1 N–H and O–H groups in total. The van der Waals surface area contributed by atoms with Gasteiger partial charge in [0.2, 0.25) is 5.88 Å². The van der Waals surface area contributed by atoms with Gasteiger partial charge in [0.25, 0.3) is 0 Å². The number of rotatable bonds is 13. The molecule has 0 aliphatic rings. The molecule has 0 aliphatic carbocycles. The van der Waals surface area contributed by atoms with Gasteiger partial charge in [-0.05, 0) is 31.0 Å². The highest BCUT2D eigenvalue weighted by Gasteiger charge is 2.23. The monoisotopic (exact) mass is 451 g/mol. The first-order chi connectivity index (χ1) is 16.0. The summed E-state index contributed by atoms with van der Waals surface area (Å²) in [5.41, 5.74) is 2.95. The normalized spacial score (nSPS) is 12.5. The van der Waals surface area contributed by atoms with E-state index >= 15 is 0 Å². The Bertz CT molecular complexity index is 958. The van der Waals surface area contributed by atoms with E-state index in [9.17, 15) is 5.11 Å². The molecule has 0 saturated heterocycles. The summed E-state index contributed by atoms with van der Waals surface area (Å²) in [6.45, 7) is 9.36. The van der Waals surface area contributed by atoms with Crippen molar-refractivity contribution in [3.63, 3.8) is 0 Å². The van der Waals surface area contributed by atoms with E-state index in [1.54, 1.807) is 4.68 Å². The van der Waals surface area contributed by atoms with Crippen LogP contribution in [0.25, 0.3) is 11.3 Å². The minimum absolute atomic E-state index is 0.338. The van der Waals surface area contributed by atoms with Crippen LogP contribution in [0.1, 0.15) is 32.8 Å². The van der Waals surface area contributed by atoms with E-state index in [0.717, 1.165) is 35.5 Å². The van der Waals surface area contributed by atoms with Gasteiger partial charge in [0, 0.05) is 32.3 Å². The van der Waals surface area contributed by atoms with E-state index in [1.807, 2.05) is 55.6 Å².